The number of hydrogen-bond acceptors (Lipinski definition) is 3. The highest BCUT2D eigenvalue weighted by molar-refractivity contribution is 5.97. The summed E-state index contributed by atoms with van der Waals surface area (Å²) in [7, 11) is 0. The topological polar surface area (TPSA) is 55.1 Å². The van der Waals surface area contributed by atoms with Crippen molar-refractivity contribution in [3.8, 4) is 17.0 Å². The number of carbonyl (C=O) groups is 1. The lowest BCUT2D eigenvalue weighted by Crippen LogP contribution is -2.06. The molecule has 0 aliphatic rings. The van der Waals surface area contributed by atoms with E-state index in [1.54, 1.807) is 4.68 Å². The van der Waals surface area contributed by atoms with E-state index in [0.29, 0.717) is 5.69 Å². The highest BCUT2D eigenvalue weighted by Crippen LogP contribution is 2.34. The van der Waals surface area contributed by atoms with Gasteiger partial charge in [0.05, 0.1) is 0 Å². The molecule has 1 aromatic heterocycles. The Morgan fingerprint density at radius 3 is 2.39 bits per heavy atom. The minimum atomic E-state index is -0.232. The van der Waals surface area contributed by atoms with E-state index >= 15 is 0 Å². The van der Waals surface area contributed by atoms with Gasteiger partial charge in [0, 0.05) is 18.5 Å². The second-order valence-corrected chi connectivity index (χ2v) is 4.51. The van der Waals surface area contributed by atoms with E-state index in [2.05, 4.69) is 5.10 Å². The normalized spacial score (nSPS) is 10.9. The second-order valence-electron chi connectivity index (χ2n) is 4.51. The Kier molecular flexibility index (Phi) is 3.19. The average molecular weight is 244 g/mol. The smallest absolute Gasteiger partial charge is 0.183 e. The van der Waals surface area contributed by atoms with Crippen LogP contribution in [0.25, 0.3) is 11.3 Å². The molecular formula is C14H16N2O2. The summed E-state index contributed by atoms with van der Waals surface area (Å²) in [4.78, 5) is 11.4. The molecule has 0 aliphatic carbocycles. The minimum Gasteiger partial charge on any atom is -0.504 e. The van der Waals surface area contributed by atoms with Crippen molar-refractivity contribution >= 4 is 5.78 Å². The first-order valence-corrected chi connectivity index (χ1v) is 5.90. The second kappa shape index (κ2) is 4.64. The maximum Gasteiger partial charge on any atom is 0.183 e. The zero-order chi connectivity index (χ0) is 13.3. The molecule has 0 unspecified atom stereocenters. The fourth-order valence-corrected chi connectivity index (χ4v) is 1.90. The van der Waals surface area contributed by atoms with Gasteiger partial charge < -0.3 is 5.11 Å². The van der Waals surface area contributed by atoms with Crippen molar-refractivity contribution < 1.29 is 9.90 Å². The van der Waals surface area contributed by atoms with Crippen LogP contribution in [0.3, 0.4) is 0 Å². The van der Waals surface area contributed by atoms with Crippen LogP contribution in [-0.4, -0.2) is 20.7 Å². The van der Waals surface area contributed by atoms with E-state index in [1.165, 1.54) is 6.92 Å². The first kappa shape index (κ1) is 12.4. The monoisotopic (exact) mass is 244 g/mol. The van der Waals surface area contributed by atoms with E-state index in [4.69, 9.17) is 0 Å². The quantitative estimate of drug-likeness (QED) is 0.844. The number of nitrogens with zero attached hydrogens (tertiary/aromatic N) is 2. The Morgan fingerprint density at radius 1 is 1.28 bits per heavy atom. The summed E-state index contributed by atoms with van der Waals surface area (Å²) in [5.41, 5.74) is 1.57. The van der Waals surface area contributed by atoms with E-state index < -0.39 is 0 Å². The van der Waals surface area contributed by atoms with Crippen LogP contribution in [0.1, 0.15) is 37.3 Å². The lowest BCUT2D eigenvalue weighted by molar-refractivity contribution is 0.100. The van der Waals surface area contributed by atoms with Crippen molar-refractivity contribution in [3.63, 3.8) is 0 Å². The first-order chi connectivity index (χ1) is 8.52. The molecule has 2 aromatic rings. The largest absolute Gasteiger partial charge is 0.504 e. The predicted octanol–water partition coefficient (Wildman–Crippen LogP) is 3.04. The molecule has 4 heteroatoms. The molecule has 0 spiro atoms. The zero-order valence-electron chi connectivity index (χ0n) is 10.7. The zero-order valence-corrected chi connectivity index (χ0v) is 10.7. The summed E-state index contributed by atoms with van der Waals surface area (Å²) >= 11 is 0. The Hall–Kier alpha value is -2.10. The Bertz CT molecular complexity index is 571. The lowest BCUT2D eigenvalue weighted by atomic mass is 10.1. The van der Waals surface area contributed by atoms with Gasteiger partial charge in [-0.15, -0.1) is 0 Å². The lowest BCUT2D eigenvalue weighted by Gasteiger charge is -2.10. The van der Waals surface area contributed by atoms with Gasteiger partial charge in [-0.25, -0.2) is 0 Å². The standard InChI is InChI=1S/C14H16N2O2/c1-9(2)16-13(11-7-5-4-6-8-11)14(18)12(15-16)10(3)17/h4-9,18H,1-3H3. The van der Waals surface area contributed by atoms with Crippen LogP contribution in [0.4, 0.5) is 0 Å². The van der Waals surface area contributed by atoms with Gasteiger partial charge in [0.1, 0.15) is 5.69 Å². The number of rotatable bonds is 3. The Labute approximate surface area is 106 Å². The molecule has 0 saturated heterocycles. The van der Waals surface area contributed by atoms with Crippen molar-refractivity contribution in [1.82, 2.24) is 9.78 Å². The molecule has 94 valence electrons. The summed E-state index contributed by atoms with van der Waals surface area (Å²) in [6.07, 6.45) is 0. The number of ketones is 1. The third kappa shape index (κ3) is 2.01. The third-order valence-corrected chi connectivity index (χ3v) is 2.76. The van der Waals surface area contributed by atoms with E-state index in [1.807, 2.05) is 44.2 Å². The third-order valence-electron chi connectivity index (χ3n) is 2.76. The van der Waals surface area contributed by atoms with Crippen molar-refractivity contribution in [2.75, 3.05) is 0 Å². The molecule has 0 fully saturated rings. The fourth-order valence-electron chi connectivity index (χ4n) is 1.90. The van der Waals surface area contributed by atoms with Crippen LogP contribution >= 0.6 is 0 Å². The number of benzene rings is 1. The Balaban J connectivity index is 2.69. The maximum absolute atomic E-state index is 11.4. The van der Waals surface area contributed by atoms with Crippen molar-refractivity contribution in [1.29, 1.82) is 0 Å². The van der Waals surface area contributed by atoms with E-state index in [-0.39, 0.29) is 23.3 Å². The summed E-state index contributed by atoms with van der Waals surface area (Å²) in [5.74, 6) is -0.272. The highest BCUT2D eigenvalue weighted by atomic mass is 16.3. The molecule has 0 amide bonds. The molecule has 4 nitrogen and oxygen atoms in total. The number of hydrogen-bond donors (Lipinski definition) is 1. The van der Waals surface area contributed by atoms with Crippen LogP contribution in [0.15, 0.2) is 30.3 Å². The van der Waals surface area contributed by atoms with E-state index in [0.717, 1.165) is 5.56 Å². The van der Waals surface area contributed by atoms with Gasteiger partial charge in [0.15, 0.2) is 17.2 Å². The number of carbonyl (C=O) groups excluding carboxylic acids is 1. The fraction of sp³-hybridized carbons (Fsp3) is 0.286. The first-order valence-electron chi connectivity index (χ1n) is 5.90. The van der Waals surface area contributed by atoms with Gasteiger partial charge in [0.2, 0.25) is 0 Å². The summed E-state index contributed by atoms with van der Waals surface area (Å²) in [5, 5.41) is 14.4. The van der Waals surface area contributed by atoms with Gasteiger partial charge in [-0.1, -0.05) is 30.3 Å². The van der Waals surface area contributed by atoms with Crippen molar-refractivity contribution in [2.24, 2.45) is 0 Å². The molecular weight excluding hydrogens is 228 g/mol. The molecule has 0 saturated carbocycles. The predicted molar refractivity (Wildman–Crippen MR) is 69.7 cm³/mol. The van der Waals surface area contributed by atoms with Gasteiger partial charge in [-0.2, -0.15) is 5.10 Å². The number of Topliss-reactive ketones (excluding diaryl/α,β-unsaturated/α-hetero) is 1. The maximum atomic E-state index is 11.4. The summed E-state index contributed by atoms with van der Waals surface area (Å²) in [6, 6.07) is 9.53. The van der Waals surface area contributed by atoms with Crippen molar-refractivity contribution in [3.05, 3.63) is 36.0 Å². The summed E-state index contributed by atoms with van der Waals surface area (Å²) in [6.45, 7) is 5.33. The van der Waals surface area contributed by atoms with Crippen LogP contribution in [-0.2, 0) is 0 Å². The molecule has 1 aromatic carbocycles. The number of aromatic nitrogens is 2. The van der Waals surface area contributed by atoms with Crippen LogP contribution in [0.5, 0.6) is 5.75 Å². The summed E-state index contributed by atoms with van der Waals surface area (Å²) < 4.78 is 1.68. The molecule has 0 aliphatic heterocycles. The van der Waals surface area contributed by atoms with Gasteiger partial charge >= 0.3 is 0 Å². The van der Waals surface area contributed by atoms with E-state index in [9.17, 15) is 9.90 Å². The molecule has 0 radical (unpaired) electrons. The Morgan fingerprint density at radius 2 is 1.89 bits per heavy atom. The minimum absolute atomic E-state index is 0.0394. The molecule has 18 heavy (non-hydrogen) atoms. The highest BCUT2D eigenvalue weighted by Gasteiger charge is 2.22. The van der Waals surface area contributed by atoms with Gasteiger partial charge in [-0.3, -0.25) is 9.48 Å². The molecule has 0 atom stereocenters. The van der Waals surface area contributed by atoms with Crippen LogP contribution < -0.4 is 0 Å². The van der Waals surface area contributed by atoms with Crippen LogP contribution in [0, 0.1) is 0 Å². The molecule has 2 rings (SSSR count). The van der Waals surface area contributed by atoms with Crippen LogP contribution in [0.2, 0.25) is 0 Å². The van der Waals surface area contributed by atoms with Crippen molar-refractivity contribution in [2.45, 2.75) is 26.8 Å². The average Bonchev–Trinajstić information content (AvgIpc) is 2.68. The van der Waals surface area contributed by atoms with Gasteiger partial charge in [0.25, 0.3) is 0 Å². The molecule has 1 N–H and O–H groups in total. The SMILES string of the molecule is CC(=O)c1nn(C(C)C)c(-c2ccccc2)c1O. The molecule has 0 bridgehead atoms. The number of aromatic hydroxyl groups is 1. The molecule has 1 heterocycles. The van der Waals surface area contributed by atoms with Gasteiger partial charge in [-0.05, 0) is 13.8 Å².